The summed E-state index contributed by atoms with van der Waals surface area (Å²) in [6, 6.07) is 7.98. The number of nitrogens with two attached hydrogens (primary N) is 1. The largest absolute Gasteiger partial charge is 0.490 e. The Morgan fingerprint density at radius 3 is 2.50 bits per heavy atom. The second kappa shape index (κ2) is 5.01. The van der Waals surface area contributed by atoms with Gasteiger partial charge in [-0.2, -0.15) is 0 Å². The van der Waals surface area contributed by atoms with Gasteiger partial charge in [0.25, 0.3) is 0 Å². The molecule has 2 heteroatoms. The lowest BCUT2D eigenvalue weighted by Crippen LogP contribution is -2.13. The Bertz CT molecular complexity index is 283. The summed E-state index contributed by atoms with van der Waals surface area (Å²) in [6.07, 6.45) is 1.25. The highest BCUT2D eigenvalue weighted by Crippen LogP contribution is 2.24. The van der Waals surface area contributed by atoms with E-state index in [4.69, 9.17) is 10.5 Å². The first-order valence-electron chi connectivity index (χ1n) is 5.16. The molecule has 0 radical (unpaired) electrons. The van der Waals surface area contributed by atoms with Crippen molar-refractivity contribution in [2.24, 2.45) is 5.73 Å². The van der Waals surface area contributed by atoms with Gasteiger partial charge in [0.2, 0.25) is 0 Å². The minimum atomic E-state index is 0.0234. The fraction of sp³-hybridized carbons (Fsp3) is 0.500. The van der Waals surface area contributed by atoms with E-state index < -0.39 is 0 Å². The molecule has 0 aromatic heterocycles. The molecule has 1 aromatic rings. The predicted molar refractivity (Wildman–Crippen MR) is 59.4 cm³/mol. The van der Waals surface area contributed by atoms with Crippen molar-refractivity contribution >= 4 is 0 Å². The van der Waals surface area contributed by atoms with Crippen LogP contribution in [0.3, 0.4) is 0 Å². The Morgan fingerprint density at radius 2 is 1.93 bits per heavy atom. The molecular formula is C12H19NO. The topological polar surface area (TPSA) is 35.2 Å². The summed E-state index contributed by atoms with van der Waals surface area (Å²) in [4.78, 5) is 0. The number of para-hydroxylation sites is 1. The van der Waals surface area contributed by atoms with Gasteiger partial charge in [-0.25, -0.2) is 0 Å². The number of benzene rings is 1. The average molecular weight is 193 g/mol. The highest BCUT2D eigenvalue weighted by molar-refractivity contribution is 5.35. The van der Waals surface area contributed by atoms with Crippen molar-refractivity contribution in [3.05, 3.63) is 29.8 Å². The summed E-state index contributed by atoms with van der Waals surface area (Å²) in [5.74, 6) is 0.914. The van der Waals surface area contributed by atoms with Crippen molar-refractivity contribution in [3.63, 3.8) is 0 Å². The first kappa shape index (κ1) is 11.1. The monoisotopic (exact) mass is 193 g/mol. The summed E-state index contributed by atoms with van der Waals surface area (Å²) in [5.41, 5.74) is 6.93. The van der Waals surface area contributed by atoms with E-state index in [1.165, 1.54) is 0 Å². The molecule has 0 aliphatic heterocycles. The van der Waals surface area contributed by atoms with Crippen LogP contribution < -0.4 is 10.5 Å². The minimum Gasteiger partial charge on any atom is -0.490 e. The Morgan fingerprint density at radius 1 is 1.29 bits per heavy atom. The van der Waals surface area contributed by atoms with Crippen molar-refractivity contribution in [2.75, 3.05) is 0 Å². The first-order valence-corrected chi connectivity index (χ1v) is 5.16. The zero-order chi connectivity index (χ0) is 10.6. The van der Waals surface area contributed by atoms with Gasteiger partial charge in [0.05, 0.1) is 6.10 Å². The summed E-state index contributed by atoms with van der Waals surface area (Å²) in [6.45, 7) is 6.15. The molecule has 0 aliphatic carbocycles. The summed E-state index contributed by atoms with van der Waals surface area (Å²) >= 11 is 0. The van der Waals surface area contributed by atoms with Crippen LogP contribution in [0.15, 0.2) is 24.3 Å². The lowest BCUT2D eigenvalue weighted by Gasteiger charge is -2.17. The van der Waals surface area contributed by atoms with E-state index in [1.807, 2.05) is 31.2 Å². The van der Waals surface area contributed by atoms with Gasteiger partial charge in [-0.1, -0.05) is 25.1 Å². The molecule has 1 aromatic carbocycles. The first-order chi connectivity index (χ1) is 6.65. The number of ether oxygens (including phenoxy) is 1. The van der Waals surface area contributed by atoms with Crippen molar-refractivity contribution < 1.29 is 4.74 Å². The SMILES string of the molecule is CC[C@H](C)Oc1ccccc1[C@H](C)N. The minimum absolute atomic E-state index is 0.0234. The van der Waals surface area contributed by atoms with E-state index in [1.54, 1.807) is 0 Å². The molecule has 0 saturated heterocycles. The maximum atomic E-state index is 5.85. The van der Waals surface area contributed by atoms with Crippen LogP contribution in [0.1, 0.15) is 38.8 Å². The van der Waals surface area contributed by atoms with Crippen LogP contribution in [0.4, 0.5) is 0 Å². The molecule has 0 bridgehead atoms. The van der Waals surface area contributed by atoms with E-state index in [9.17, 15) is 0 Å². The third-order valence-electron chi connectivity index (χ3n) is 2.31. The zero-order valence-corrected chi connectivity index (χ0v) is 9.16. The molecule has 0 saturated carbocycles. The molecule has 14 heavy (non-hydrogen) atoms. The summed E-state index contributed by atoms with van der Waals surface area (Å²) in [5, 5.41) is 0. The normalized spacial score (nSPS) is 14.9. The number of hydrogen-bond donors (Lipinski definition) is 1. The van der Waals surface area contributed by atoms with Gasteiger partial charge in [0.15, 0.2) is 0 Å². The predicted octanol–water partition coefficient (Wildman–Crippen LogP) is 2.88. The van der Waals surface area contributed by atoms with Crippen LogP contribution in [0, 0.1) is 0 Å². The third kappa shape index (κ3) is 2.74. The van der Waals surface area contributed by atoms with Crippen molar-refractivity contribution in [3.8, 4) is 5.75 Å². The van der Waals surface area contributed by atoms with Crippen molar-refractivity contribution in [1.82, 2.24) is 0 Å². The maximum Gasteiger partial charge on any atom is 0.124 e. The lowest BCUT2D eigenvalue weighted by molar-refractivity contribution is 0.214. The van der Waals surface area contributed by atoms with Crippen molar-refractivity contribution in [1.29, 1.82) is 0 Å². The van der Waals surface area contributed by atoms with E-state index in [-0.39, 0.29) is 12.1 Å². The molecule has 0 spiro atoms. The van der Waals surface area contributed by atoms with Gasteiger partial charge >= 0.3 is 0 Å². The third-order valence-corrected chi connectivity index (χ3v) is 2.31. The molecule has 2 atom stereocenters. The smallest absolute Gasteiger partial charge is 0.124 e. The fourth-order valence-corrected chi connectivity index (χ4v) is 1.26. The van der Waals surface area contributed by atoms with Crippen LogP contribution in [-0.4, -0.2) is 6.10 Å². The zero-order valence-electron chi connectivity index (χ0n) is 9.16. The summed E-state index contributed by atoms with van der Waals surface area (Å²) in [7, 11) is 0. The number of hydrogen-bond acceptors (Lipinski definition) is 2. The van der Waals surface area contributed by atoms with Crippen LogP contribution in [-0.2, 0) is 0 Å². The fourth-order valence-electron chi connectivity index (χ4n) is 1.26. The maximum absolute atomic E-state index is 5.85. The van der Waals surface area contributed by atoms with E-state index in [0.29, 0.717) is 0 Å². The molecule has 0 unspecified atom stereocenters. The van der Waals surface area contributed by atoms with Gasteiger partial charge in [-0.05, 0) is 26.3 Å². The van der Waals surface area contributed by atoms with Crippen LogP contribution >= 0.6 is 0 Å². The number of rotatable bonds is 4. The van der Waals surface area contributed by atoms with Gasteiger partial charge < -0.3 is 10.5 Å². The Labute approximate surface area is 86.1 Å². The standard InChI is InChI=1S/C12H19NO/c1-4-9(2)14-12-8-6-5-7-11(12)10(3)13/h5-10H,4,13H2,1-3H3/t9-,10-/m0/s1. The molecule has 2 nitrogen and oxygen atoms in total. The van der Waals surface area contributed by atoms with Gasteiger partial charge in [0.1, 0.15) is 5.75 Å². The molecule has 0 aliphatic rings. The molecular weight excluding hydrogens is 174 g/mol. The highest BCUT2D eigenvalue weighted by atomic mass is 16.5. The second-order valence-electron chi connectivity index (χ2n) is 3.66. The highest BCUT2D eigenvalue weighted by Gasteiger charge is 2.08. The van der Waals surface area contributed by atoms with Gasteiger partial charge in [-0.15, -0.1) is 0 Å². The Hall–Kier alpha value is -1.02. The van der Waals surface area contributed by atoms with Gasteiger partial charge in [0, 0.05) is 11.6 Å². The quantitative estimate of drug-likeness (QED) is 0.798. The summed E-state index contributed by atoms with van der Waals surface area (Å²) < 4.78 is 5.78. The molecule has 1 rings (SSSR count). The molecule has 78 valence electrons. The van der Waals surface area contributed by atoms with Gasteiger partial charge in [-0.3, -0.25) is 0 Å². The molecule has 0 fully saturated rings. The van der Waals surface area contributed by atoms with Crippen LogP contribution in [0.2, 0.25) is 0 Å². The van der Waals surface area contributed by atoms with E-state index in [0.717, 1.165) is 17.7 Å². The van der Waals surface area contributed by atoms with E-state index in [2.05, 4.69) is 13.8 Å². The van der Waals surface area contributed by atoms with Crippen LogP contribution in [0.25, 0.3) is 0 Å². The Kier molecular flexibility index (Phi) is 3.96. The second-order valence-corrected chi connectivity index (χ2v) is 3.66. The molecule has 2 N–H and O–H groups in total. The average Bonchev–Trinajstić information content (AvgIpc) is 2.18. The lowest BCUT2D eigenvalue weighted by atomic mass is 10.1. The van der Waals surface area contributed by atoms with Crippen molar-refractivity contribution in [2.45, 2.75) is 39.3 Å². The molecule has 0 amide bonds. The van der Waals surface area contributed by atoms with Crippen LogP contribution in [0.5, 0.6) is 5.75 Å². The molecule has 0 heterocycles. The Balaban J connectivity index is 2.84. The van der Waals surface area contributed by atoms with E-state index >= 15 is 0 Å².